The van der Waals surface area contributed by atoms with Gasteiger partial charge in [0.2, 0.25) is 6.79 Å². The molecule has 7 nitrogen and oxygen atoms in total. The van der Waals surface area contributed by atoms with Gasteiger partial charge in [0.1, 0.15) is 5.69 Å². The zero-order chi connectivity index (χ0) is 17.8. The van der Waals surface area contributed by atoms with Crippen LogP contribution in [0.25, 0.3) is 0 Å². The summed E-state index contributed by atoms with van der Waals surface area (Å²) >= 11 is 0. The molecule has 1 amide bonds. The van der Waals surface area contributed by atoms with Gasteiger partial charge in [-0.25, -0.2) is 0 Å². The van der Waals surface area contributed by atoms with Crippen molar-refractivity contribution < 1.29 is 19.0 Å². The molecule has 2 N–H and O–H groups in total. The largest absolute Gasteiger partial charge is 0.454 e. The summed E-state index contributed by atoms with van der Waals surface area (Å²) in [7, 11) is 0. The van der Waals surface area contributed by atoms with Crippen LogP contribution in [0.5, 0.6) is 11.5 Å². The molecule has 1 saturated heterocycles. The minimum atomic E-state index is -0.219. The summed E-state index contributed by atoms with van der Waals surface area (Å²) in [6.45, 7) is 2.20. The van der Waals surface area contributed by atoms with E-state index >= 15 is 0 Å². The molecule has 1 aromatic carbocycles. The maximum atomic E-state index is 12.4. The maximum Gasteiger partial charge on any atom is 0.270 e. The molecule has 26 heavy (non-hydrogen) atoms. The lowest BCUT2D eigenvalue weighted by Crippen LogP contribution is -2.24. The number of hydrogen-bond acceptors (Lipinski definition) is 6. The molecule has 136 valence electrons. The molecule has 1 fully saturated rings. The van der Waals surface area contributed by atoms with E-state index in [1.165, 1.54) is 0 Å². The second kappa shape index (κ2) is 7.61. The molecule has 1 unspecified atom stereocenters. The number of rotatable bonds is 6. The topological polar surface area (TPSA) is 81.7 Å². The first-order chi connectivity index (χ1) is 12.8. The fourth-order valence-corrected chi connectivity index (χ4v) is 3.03. The van der Waals surface area contributed by atoms with Gasteiger partial charge in [0.15, 0.2) is 11.5 Å². The molecule has 0 aliphatic carbocycles. The van der Waals surface area contributed by atoms with Gasteiger partial charge in [-0.05, 0) is 42.7 Å². The van der Waals surface area contributed by atoms with Gasteiger partial charge in [0, 0.05) is 31.6 Å². The maximum absolute atomic E-state index is 12.4. The average Bonchev–Trinajstić information content (AvgIpc) is 3.35. The van der Waals surface area contributed by atoms with Crippen LogP contribution < -0.4 is 20.1 Å². The molecule has 2 aliphatic heterocycles. The van der Waals surface area contributed by atoms with Crippen LogP contribution in [0.2, 0.25) is 0 Å². The first kappa shape index (κ1) is 16.7. The molecule has 2 aliphatic rings. The van der Waals surface area contributed by atoms with Gasteiger partial charge in [-0.1, -0.05) is 6.07 Å². The highest BCUT2D eigenvalue weighted by atomic mass is 16.7. The number of pyridine rings is 1. The van der Waals surface area contributed by atoms with Gasteiger partial charge in [-0.15, -0.1) is 0 Å². The van der Waals surface area contributed by atoms with Crippen LogP contribution in [-0.2, 0) is 11.3 Å². The number of benzene rings is 1. The van der Waals surface area contributed by atoms with Gasteiger partial charge in [-0.2, -0.15) is 0 Å². The molecular weight excluding hydrogens is 334 g/mol. The minimum Gasteiger partial charge on any atom is -0.454 e. The van der Waals surface area contributed by atoms with E-state index in [0.29, 0.717) is 18.0 Å². The Balaban J connectivity index is 1.33. The third-order valence-electron chi connectivity index (χ3n) is 4.44. The number of amides is 1. The molecule has 1 aromatic heterocycles. The van der Waals surface area contributed by atoms with Crippen LogP contribution in [0.1, 0.15) is 28.9 Å². The predicted molar refractivity (Wildman–Crippen MR) is 95.4 cm³/mol. The zero-order valence-electron chi connectivity index (χ0n) is 14.4. The number of carbonyl (C=O) groups is 1. The van der Waals surface area contributed by atoms with Crippen LogP contribution in [-0.4, -0.2) is 36.9 Å². The number of aromatic nitrogens is 1. The fourth-order valence-electron chi connectivity index (χ4n) is 3.03. The monoisotopic (exact) mass is 355 g/mol. The van der Waals surface area contributed by atoms with Crippen molar-refractivity contribution in [3.05, 3.63) is 47.8 Å². The number of fused-ring (bicyclic) bond motifs is 1. The number of nitrogens with zero attached hydrogens (tertiary/aromatic N) is 1. The van der Waals surface area contributed by atoms with E-state index < -0.39 is 0 Å². The summed E-state index contributed by atoms with van der Waals surface area (Å²) < 4.78 is 16.2. The summed E-state index contributed by atoms with van der Waals surface area (Å²) in [5, 5.41) is 6.19. The Morgan fingerprint density at radius 2 is 2.12 bits per heavy atom. The second-order valence-electron chi connectivity index (χ2n) is 6.32. The molecule has 0 radical (unpaired) electrons. The van der Waals surface area contributed by atoms with Crippen LogP contribution in [0.4, 0.5) is 5.69 Å². The number of hydrogen-bond donors (Lipinski definition) is 2. The first-order valence-electron chi connectivity index (χ1n) is 8.76. The van der Waals surface area contributed by atoms with Gasteiger partial charge < -0.3 is 24.8 Å². The smallest absolute Gasteiger partial charge is 0.270 e. The lowest BCUT2D eigenvalue weighted by molar-refractivity contribution is 0.0946. The van der Waals surface area contributed by atoms with E-state index in [-0.39, 0.29) is 18.8 Å². The van der Waals surface area contributed by atoms with Crippen molar-refractivity contribution in [3.63, 3.8) is 0 Å². The van der Waals surface area contributed by atoms with Gasteiger partial charge in [0.25, 0.3) is 5.91 Å². The summed E-state index contributed by atoms with van der Waals surface area (Å²) in [6.07, 6.45) is 4.05. The zero-order valence-corrected chi connectivity index (χ0v) is 14.4. The van der Waals surface area contributed by atoms with E-state index in [1.54, 1.807) is 12.3 Å². The quantitative estimate of drug-likeness (QED) is 0.828. The van der Waals surface area contributed by atoms with Gasteiger partial charge >= 0.3 is 0 Å². The van der Waals surface area contributed by atoms with Crippen molar-refractivity contribution in [2.45, 2.75) is 25.5 Å². The second-order valence-corrected chi connectivity index (χ2v) is 6.32. The standard InChI is InChI=1S/C19H21N3O4/c23-19(22-10-13-3-4-17-18(8-13)26-12-25-17)16-9-14(5-6-20-16)21-11-15-2-1-7-24-15/h3-6,8-9,15H,1-2,7,10-12H2,(H,20,21)(H,22,23). The molecule has 7 heteroatoms. The van der Waals surface area contributed by atoms with Crippen LogP contribution in [0, 0.1) is 0 Å². The number of ether oxygens (including phenoxy) is 3. The Hall–Kier alpha value is -2.80. The normalized spacial score (nSPS) is 17.9. The minimum absolute atomic E-state index is 0.219. The summed E-state index contributed by atoms with van der Waals surface area (Å²) in [4.78, 5) is 16.5. The van der Waals surface area contributed by atoms with Crippen LogP contribution in [0.15, 0.2) is 36.5 Å². The lowest BCUT2D eigenvalue weighted by Gasteiger charge is -2.12. The van der Waals surface area contributed by atoms with Crippen molar-refractivity contribution in [1.29, 1.82) is 0 Å². The van der Waals surface area contributed by atoms with E-state index in [4.69, 9.17) is 14.2 Å². The van der Waals surface area contributed by atoms with Crippen LogP contribution >= 0.6 is 0 Å². The third kappa shape index (κ3) is 3.88. The number of nitrogens with one attached hydrogen (secondary N) is 2. The SMILES string of the molecule is O=C(NCc1ccc2c(c1)OCO2)c1cc(NCC2CCCO2)ccn1. The summed E-state index contributed by atoms with van der Waals surface area (Å²) in [5.41, 5.74) is 2.18. The molecule has 0 bridgehead atoms. The molecule has 0 spiro atoms. The first-order valence-corrected chi connectivity index (χ1v) is 8.76. The Labute approximate surface area is 151 Å². The predicted octanol–water partition coefficient (Wildman–Crippen LogP) is 2.33. The number of anilines is 1. The molecule has 2 aromatic rings. The van der Waals surface area contributed by atoms with Crippen molar-refractivity contribution in [2.75, 3.05) is 25.3 Å². The molecule has 1 atom stereocenters. The van der Waals surface area contributed by atoms with E-state index in [1.807, 2.05) is 24.3 Å². The van der Waals surface area contributed by atoms with Crippen molar-refractivity contribution in [2.24, 2.45) is 0 Å². The van der Waals surface area contributed by atoms with Gasteiger partial charge in [0.05, 0.1) is 6.10 Å². The van der Waals surface area contributed by atoms with Crippen molar-refractivity contribution in [3.8, 4) is 11.5 Å². The van der Waals surface area contributed by atoms with Crippen molar-refractivity contribution in [1.82, 2.24) is 10.3 Å². The summed E-state index contributed by atoms with van der Waals surface area (Å²) in [6, 6.07) is 9.22. The Bertz CT molecular complexity index is 790. The van der Waals surface area contributed by atoms with E-state index in [0.717, 1.165) is 43.0 Å². The molecule has 0 saturated carbocycles. The van der Waals surface area contributed by atoms with E-state index in [9.17, 15) is 4.79 Å². The third-order valence-corrected chi connectivity index (χ3v) is 4.44. The highest BCUT2D eigenvalue weighted by molar-refractivity contribution is 5.93. The average molecular weight is 355 g/mol. The number of carbonyl (C=O) groups excluding carboxylic acids is 1. The highest BCUT2D eigenvalue weighted by Gasteiger charge is 2.16. The molecule has 3 heterocycles. The van der Waals surface area contributed by atoms with Crippen LogP contribution in [0.3, 0.4) is 0 Å². The Morgan fingerprint density at radius 3 is 3.00 bits per heavy atom. The van der Waals surface area contributed by atoms with Crippen molar-refractivity contribution >= 4 is 11.6 Å². The fraction of sp³-hybridized carbons (Fsp3) is 0.368. The molecular formula is C19H21N3O4. The van der Waals surface area contributed by atoms with Gasteiger partial charge in [-0.3, -0.25) is 9.78 Å². The Kier molecular flexibility index (Phi) is 4.88. The molecule has 4 rings (SSSR count). The highest BCUT2D eigenvalue weighted by Crippen LogP contribution is 2.32. The summed E-state index contributed by atoms with van der Waals surface area (Å²) in [5.74, 6) is 1.21. The Morgan fingerprint density at radius 1 is 1.19 bits per heavy atom. The lowest BCUT2D eigenvalue weighted by atomic mass is 10.2. The van der Waals surface area contributed by atoms with E-state index in [2.05, 4.69) is 15.6 Å².